The van der Waals surface area contributed by atoms with E-state index in [1.54, 1.807) is 18.2 Å². The van der Waals surface area contributed by atoms with Crippen molar-refractivity contribution in [3.05, 3.63) is 95.3 Å². The Morgan fingerprint density at radius 2 is 1.69 bits per heavy atom. The van der Waals surface area contributed by atoms with Crippen molar-refractivity contribution in [3.8, 4) is 5.75 Å². The van der Waals surface area contributed by atoms with Gasteiger partial charge < -0.3 is 14.0 Å². The molecule has 1 aromatic heterocycles. The summed E-state index contributed by atoms with van der Waals surface area (Å²) in [7, 11) is 1.36. The molecule has 0 aliphatic rings. The number of aromatic nitrogens is 2. The standard InChI is InChI=1S/C24H22N2O3/c1-17-11-13-18(14-12-17)15-26-21-9-5-4-8-20(21)25-23(26)16-29-22-10-6-3-7-19(22)24(27)28-2/h3-14H,15-16H2,1-2H3. The Labute approximate surface area is 169 Å². The number of esters is 1. The Morgan fingerprint density at radius 3 is 2.48 bits per heavy atom. The Hall–Kier alpha value is -3.60. The van der Waals surface area contributed by atoms with Gasteiger partial charge in [-0.1, -0.05) is 54.1 Å². The molecule has 0 aliphatic carbocycles. The first-order valence-corrected chi connectivity index (χ1v) is 9.45. The molecule has 29 heavy (non-hydrogen) atoms. The first-order chi connectivity index (χ1) is 14.2. The first-order valence-electron chi connectivity index (χ1n) is 9.45. The van der Waals surface area contributed by atoms with Crippen molar-refractivity contribution in [3.63, 3.8) is 0 Å². The number of aryl methyl sites for hydroxylation is 1. The fourth-order valence-corrected chi connectivity index (χ4v) is 3.30. The molecule has 1 heterocycles. The molecule has 5 nitrogen and oxygen atoms in total. The third-order valence-corrected chi connectivity index (χ3v) is 4.84. The van der Waals surface area contributed by atoms with Gasteiger partial charge in [0.05, 0.1) is 18.1 Å². The summed E-state index contributed by atoms with van der Waals surface area (Å²) in [6.07, 6.45) is 0. The second kappa shape index (κ2) is 8.19. The quantitative estimate of drug-likeness (QED) is 0.449. The summed E-state index contributed by atoms with van der Waals surface area (Å²) in [4.78, 5) is 16.8. The minimum atomic E-state index is -0.422. The van der Waals surface area contributed by atoms with Crippen LogP contribution in [0.5, 0.6) is 5.75 Å². The highest BCUT2D eigenvalue weighted by Gasteiger charge is 2.15. The van der Waals surface area contributed by atoms with E-state index in [1.165, 1.54) is 18.2 Å². The summed E-state index contributed by atoms with van der Waals surface area (Å²) < 4.78 is 13.0. The highest BCUT2D eigenvalue weighted by molar-refractivity contribution is 5.92. The van der Waals surface area contributed by atoms with Gasteiger partial charge in [-0.3, -0.25) is 0 Å². The number of para-hydroxylation sites is 3. The van der Waals surface area contributed by atoms with Gasteiger partial charge in [-0.05, 0) is 36.8 Å². The Balaban J connectivity index is 1.66. The normalized spacial score (nSPS) is 10.8. The summed E-state index contributed by atoms with van der Waals surface area (Å²) in [6.45, 7) is 3.01. The van der Waals surface area contributed by atoms with E-state index in [4.69, 9.17) is 14.5 Å². The van der Waals surface area contributed by atoms with Crippen LogP contribution in [-0.2, 0) is 17.9 Å². The SMILES string of the molecule is COC(=O)c1ccccc1OCc1nc2ccccc2n1Cc1ccc(C)cc1. The number of hydrogen-bond donors (Lipinski definition) is 0. The Bertz CT molecular complexity index is 1150. The average Bonchev–Trinajstić information content (AvgIpc) is 3.11. The smallest absolute Gasteiger partial charge is 0.341 e. The van der Waals surface area contributed by atoms with Gasteiger partial charge >= 0.3 is 5.97 Å². The van der Waals surface area contributed by atoms with Crippen LogP contribution in [0.1, 0.15) is 27.3 Å². The predicted molar refractivity (Wildman–Crippen MR) is 112 cm³/mol. The number of rotatable bonds is 6. The van der Waals surface area contributed by atoms with Crippen LogP contribution in [0.25, 0.3) is 11.0 Å². The fourth-order valence-electron chi connectivity index (χ4n) is 3.30. The lowest BCUT2D eigenvalue weighted by atomic mass is 10.1. The lowest BCUT2D eigenvalue weighted by molar-refractivity contribution is 0.0595. The summed E-state index contributed by atoms with van der Waals surface area (Å²) in [5.41, 5.74) is 4.78. The maximum atomic E-state index is 12.0. The Kier molecular flexibility index (Phi) is 5.29. The number of benzene rings is 3. The summed E-state index contributed by atoms with van der Waals surface area (Å²) in [5.74, 6) is 0.855. The molecule has 146 valence electrons. The van der Waals surface area contributed by atoms with Gasteiger partial charge in [-0.15, -0.1) is 0 Å². The zero-order valence-electron chi connectivity index (χ0n) is 16.5. The molecule has 0 saturated heterocycles. The van der Waals surface area contributed by atoms with E-state index in [1.807, 2.05) is 24.3 Å². The zero-order valence-corrected chi connectivity index (χ0v) is 16.5. The molecule has 0 N–H and O–H groups in total. The molecule has 0 radical (unpaired) electrons. The average molecular weight is 386 g/mol. The van der Waals surface area contributed by atoms with E-state index >= 15 is 0 Å². The topological polar surface area (TPSA) is 53.4 Å². The number of methoxy groups -OCH3 is 1. The number of imidazole rings is 1. The highest BCUT2D eigenvalue weighted by atomic mass is 16.5. The Morgan fingerprint density at radius 1 is 0.966 bits per heavy atom. The number of nitrogens with zero attached hydrogens (tertiary/aromatic N) is 2. The minimum Gasteiger partial charge on any atom is -0.485 e. The summed E-state index contributed by atoms with van der Waals surface area (Å²) in [5, 5.41) is 0. The molecule has 0 aliphatic heterocycles. The van der Waals surface area contributed by atoms with Crippen LogP contribution in [0.4, 0.5) is 0 Å². The van der Waals surface area contributed by atoms with Crippen molar-refractivity contribution in [1.82, 2.24) is 9.55 Å². The predicted octanol–water partition coefficient (Wildman–Crippen LogP) is 4.76. The molecule has 5 heteroatoms. The second-order valence-electron chi connectivity index (χ2n) is 6.86. The maximum absolute atomic E-state index is 12.0. The van der Waals surface area contributed by atoms with Crippen molar-refractivity contribution in [2.45, 2.75) is 20.1 Å². The van der Waals surface area contributed by atoms with Crippen molar-refractivity contribution >= 4 is 17.0 Å². The van der Waals surface area contributed by atoms with Gasteiger partial charge in [0.1, 0.15) is 23.7 Å². The van der Waals surface area contributed by atoms with Crippen LogP contribution in [0.15, 0.2) is 72.8 Å². The fraction of sp³-hybridized carbons (Fsp3) is 0.167. The molecule has 0 fully saturated rings. The van der Waals surface area contributed by atoms with Crippen molar-refractivity contribution < 1.29 is 14.3 Å². The molecule has 0 saturated carbocycles. The molecular formula is C24H22N2O3. The maximum Gasteiger partial charge on any atom is 0.341 e. The molecule has 4 aromatic rings. The molecule has 0 unspecified atom stereocenters. The monoisotopic (exact) mass is 386 g/mol. The minimum absolute atomic E-state index is 0.245. The number of carbonyl (C=O) groups is 1. The van der Waals surface area contributed by atoms with Gasteiger partial charge in [0, 0.05) is 6.54 Å². The summed E-state index contributed by atoms with van der Waals surface area (Å²) in [6, 6.07) is 23.6. The largest absolute Gasteiger partial charge is 0.485 e. The van der Waals surface area contributed by atoms with Gasteiger partial charge in [-0.25, -0.2) is 9.78 Å². The van der Waals surface area contributed by atoms with Gasteiger partial charge in [0.15, 0.2) is 0 Å². The van der Waals surface area contributed by atoms with Crippen LogP contribution >= 0.6 is 0 Å². The number of fused-ring (bicyclic) bond motifs is 1. The van der Waals surface area contributed by atoms with E-state index in [-0.39, 0.29) is 6.61 Å². The third-order valence-electron chi connectivity index (χ3n) is 4.84. The van der Waals surface area contributed by atoms with E-state index in [9.17, 15) is 4.79 Å². The van der Waals surface area contributed by atoms with Crippen LogP contribution in [0.3, 0.4) is 0 Å². The lowest BCUT2D eigenvalue weighted by Crippen LogP contribution is -2.10. The molecule has 3 aromatic carbocycles. The molecule has 4 rings (SSSR count). The van der Waals surface area contributed by atoms with E-state index in [2.05, 4.69) is 41.8 Å². The molecular weight excluding hydrogens is 364 g/mol. The van der Waals surface area contributed by atoms with Crippen molar-refractivity contribution in [2.24, 2.45) is 0 Å². The number of carbonyl (C=O) groups excluding carboxylic acids is 1. The molecule has 0 spiro atoms. The van der Waals surface area contributed by atoms with Crippen LogP contribution in [0.2, 0.25) is 0 Å². The zero-order chi connectivity index (χ0) is 20.2. The van der Waals surface area contributed by atoms with Crippen LogP contribution in [0, 0.1) is 6.92 Å². The van der Waals surface area contributed by atoms with Crippen molar-refractivity contribution in [2.75, 3.05) is 7.11 Å². The van der Waals surface area contributed by atoms with Crippen molar-refractivity contribution in [1.29, 1.82) is 0 Å². The first kappa shape index (κ1) is 18.7. The number of ether oxygens (including phenoxy) is 2. The van der Waals surface area contributed by atoms with Gasteiger partial charge in [0.25, 0.3) is 0 Å². The van der Waals surface area contributed by atoms with Gasteiger partial charge in [0.2, 0.25) is 0 Å². The third kappa shape index (κ3) is 3.99. The molecule has 0 atom stereocenters. The highest BCUT2D eigenvalue weighted by Crippen LogP contribution is 2.23. The van der Waals surface area contributed by atoms with Crippen LogP contribution in [-0.4, -0.2) is 22.6 Å². The van der Waals surface area contributed by atoms with Gasteiger partial charge in [-0.2, -0.15) is 0 Å². The molecule has 0 amide bonds. The van der Waals surface area contributed by atoms with E-state index in [0.717, 1.165) is 16.9 Å². The van der Waals surface area contributed by atoms with E-state index < -0.39 is 5.97 Å². The number of hydrogen-bond acceptors (Lipinski definition) is 4. The lowest BCUT2D eigenvalue weighted by Gasteiger charge is -2.12. The second-order valence-corrected chi connectivity index (χ2v) is 6.86. The molecule has 0 bridgehead atoms. The van der Waals surface area contributed by atoms with E-state index in [0.29, 0.717) is 17.9 Å². The summed E-state index contributed by atoms with van der Waals surface area (Å²) >= 11 is 0. The van der Waals surface area contributed by atoms with Crippen LogP contribution < -0.4 is 4.74 Å².